The Morgan fingerprint density at radius 1 is 1.09 bits per heavy atom. The van der Waals surface area contributed by atoms with Crippen molar-refractivity contribution in [1.29, 1.82) is 0 Å². The number of carbonyl (C=O) groups excluding carboxylic acids is 1. The first-order valence-corrected chi connectivity index (χ1v) is 12.6. The van der Waals surface area contributed by atoms with E-state index in [1.54, 1.807) is 11.0 Å². The monoisotopic (exact) mass is 453 g/mol. The van der Waals surface area contributed by atoms with Crippen LogP contribution in [0.2, 0.25) is 0 Å². The molecule has 2 heterocycles. The van der Waals surface area contributed by atoms with Crippen LogP contribution in [0.5, 0.6) is 0 Å². The number of hydrogen-bond donors (Lipinski definition) is 0. The van der Waals surface area contributed by atoms with Crippen molar-refractivity contribution in [3.8, 4) is 0 Å². The van der Waals surface area contributed by atoms with Gasteiger partial charge in [-0.3, -0.25) is 9.59 Å². The molecule has 168 valence electrons. The van der Waals surface area contributed by atoms with Gasteiger partial charge in [0.2, 0.25) is 0 Å². The minimum absolute atomic E-state index is 0.0519. The summed E-state index contributed by atoms with van der Waals surface area (Å²) in [6, 6.07) is 12.3. The van der Waals surface area contributed by atoms with E-state index >= 15 is 0 Å². The molecular weight excluding hydrogens is 426 g/mol. The fourth-order valence-electron chi connectivity index (χ4n) is 4.32. The second-order valence-electron chi connectivity index (χ2n) is 8.59. The molecule has 1 aromatic heterocycles. The Balaban J connectivity index is 1.74. The lowest BCUT2D eigenvalue weighted by Crippen LogP contribution is -2.41. The van der Waals surface area contributed by atoms with E-state index in [1.807, 2.05) is 44.2 Å². The summed E-state index contributed by atoms with van der Waals surface area (Å²) in [6.45, 7) is 6.05. The van der Waals surface area contributed by atoms with Gasteiger partial charge in [0.1, 0.15) is 5.58 Å². The van der Waals surface area contributed by atoms with Crippen LogP contribution in [-0.2, 0) is 22.8 Å². The van der Waals surface area contributed by atoms with E-state index in [1.165, 1.54) is 11.6 Å². The average Bonchev–Trinajstić information content (AvgIpc) is 3.12. The number of fused-ring (bicyclic) bond motifs is 1. The topological polar surface area (TPSA) is 84.7 Å². The van der Waals surface area contributed by atoms with E-state index in [-0.39, 0.29) is 29.2 Å². The van der Waals surface area contributed by atoms with Gasteiger partial charge in [0.15, 0.2) is 21.0 Å². The third kappa shape index (κ3) is 4.48. The minimum atomic E-state index is -3.20. The van der Waals surface area contributed by atoms with E-state index < -0.39 is 21.8 Å². The lowest BCUT2D eigenvalue weighted by Gasteiger charge is -2.28. The summed E-state index contributed by atoms with van der Waals surface area (Å²) in [6.07, 6.45) is 1.28. The van der Waals surface area contributed by atoms with Gasteiger partial charge in [0.25, 0.3) is 5.91 Å². The molecular formula is C25H27NO5S. The first-order chi connectivity index (χ1) is 15.2. The standard InChI is InChI=1S/C25H27NO5S/c1-4-18-5-7-19(8-6-18)14-26(20-9-10-32(29,30)15-20)25(28)23-13-22(27)21-12-16(2)11-17(3)24(21)31-23/h5-8,11-13,20H,4,9-10,14-15H2,1-3H3/t20-/m0/s1. The molecule has 0 unspecified atom stereocenters. The van der Waals surface area contributed by atoms with Crippen LogP contribution in [0, 0.1) is 13.8 Å². The molecule has 6 nitrogen and oxygen atoms in total. The van der Waals surface area contributed by atoms with Gasteiger partial charge < -0.3 is 9.32 Å². The molecule has 7 heteroatoms. The highest BCUT2D eigenvalue weighted by molar-refractivity contribution is 7.91. The summed E-state index contributed by atoms with van der Waals surface area (Å²) in [5, 5.41) is 0.434. The molecule has 4 rings (SSSR count). The fraction of sp³-hybridized carbons (Fsp3) is 0.360. The molecule has 32 heavy (non-hydrogen) atoms. The summed E-state index contributed by atoms with van der Waals surface area (Å²) in [7, 11) is -3.20. The number of amides is 1. The number of rotatable bonds is 5. The van der Waals surface area contributed by atoms with Crippen molar-refractivity contribution in [1.82, 2.24) is 4.90 Å². The third-order valence-electron chi connectivity index (χ3n) is 6.06. The Morgan fingerprint density at radius 3 is 2.41 bits per heavy atom. The number of hydrogen-bond acceptors (Lipinski definition) is 5. The second kappa shape index (κ2) is 8.54. The zero-order chi connectivity index (χ0) is 23.0. The highest BCUT2D eigenvalue weighted by atomic mass is 32.2. The fourth-order valence-corrected chi connectivity index (χ4v) is 6.05. The molecule has 0 spiro atoms. The van der Waals surface area contributed by atoms with Crippen molar-refractivity contribution in [2.45, 2.75) is 46.2 Å². The molecule has 1 fully saturated rings. The molecule has 0 bridgehead atoms. The molecule has 1 amide bonds. The van der Waals surface area contributed by atoms with Crippen molar-refractivity contribution in [2.24, 2.45) is 0 Å². The molecule has 0 saturated carbocycles. The molecule has 0 radical (unpaired) electrons. The summed E-state index contributed by atoms with van der Waals surface area (Å²) in [4.78, 5) is 27.8. The van der Waals surface area contributed by atoms with Crippen LogP contribution in [0.3, 0.4) is 0 Å². The quantitative estimate of drug-likeness (QED) is 0.587. The van der Waals surface area contributed by atoms with Crippen LogP contribution in [0.25, 0.3) is 11.0 Å². The molecule has 0 N–H and O–H groups in total. The zero-order valence-electron chi connectivity index (χ0n) is 18.6. The van der Waals surface area contributed by atoms with E-state index in [0.29, 0.717) is 17.4 Å². The summed E-state index contributed by atoms with van der Waals surface area (Å²) in [5.74, 6) is -0.562. The molecule has 1 aliphatic heterocycles. The van der Waals surface area contributed by atoms with E-state index in [2.05, 4.69) is 6.92 Å². The van der Waals surface area contributed by atoms with Crippen LogP contribution in [0.15, 0.2) is 51.7 Å². The number of carbonyl (C=O) groups is 1. The van der Waals surface area contributed by atoms with Crippen LogP contribution < -0.4 is 5.43 Å². The maximum Gasteiger partial charge on any atom is 0.290 e. The van der Waals surface area contributed by atoms with Gasteiger partial charge in [-0.1, -0.05) is 37.3 Å². The zero-order valence-corrected chi connectivity index (χ0v) is 19.4. The van der Waals surface area contributed by atoms with Crippen molar-refractivity contribution >= 4 is 26.7 Å². The van der Waals surface area contributed by atoms with Crippen molar-refractivity contribution in [3.63, 3.8) is 0 Å². The van der Waals surface area contributed by atoms with E-state index in [9.17, 15) is 18.0 Å². The predicted molar refractivity (Wildman–Crippen MR) is 125 cm³/mol. The van der Waals surface area contributed by atoms with Crippen LogP contribution >= 0.6 is 0 Å². The van der Waals surface area contributed by atoms with Gasteiger partial charge in [-0.05, 0) is 55.0 Å². The SMILES string of the molecule is CCc1ccc(CN(C(=O)c2cc(=O)c3cc(C)cc(C)c3o2)[C@H]2CCS(=O)(=O)C2)cc1. The Bertz CT molecular complexity index is 1340. The Labute approximate surface area is 187 Å². The lowest BCUT2D eigenvalue weighted by molar-refractivity contribution is 0.0648. The molecule has 0 aliphatic carbocycles. The van der Waals surface area contributed by atoms with E-state index in [4.69, 9.17) is 4.42 Å². The molecule has 2 aromatic carbocycles. The van der Waals surface area contributed by atoms with Crippen molar-refractivity contribution < 1.29 is 17.6 Å². The highest BCUT2D eigenvalue weighted by Gasteiger charge is 2.36. The van der Waals surface area contributed by atoms with Crippen molar-refractivity contribution in [2.75, 3.05) is 11.5 Å². The first kappa shape index (κ1) is 22.3. The Morgan fingerprint density at radius 2 is 1.78 bits per heavy atom. The van der Waals surface area contributed by atoms with Gasteiger partial charge in [0, 0.05) is 18.7 Å². The predicted octanol–water partition coefficient (Wildman–Crippen LogP) is 3.80. The number of aryl methyl sites for hydroxylation is 3. The van der Waals surface area contributed by atoms with E-state index in [0.717, 1.165) is 23.1 Å². The van der Waals surface area contributed by atoms with Gasteiger partial charge in [0.05, 0.1) is 16.9 Å². The van der Waals surface area contributed by atoms with Gasteiger partial charge in [-0.25, -0.2) is 8.42 Å². The van der Waals surface area contributed by atoms with Crippen LogP contribution in [0.4, 0.5) is 0 Å². The first-order valence-electron chi connectivity index (χ1n) is 10.8. The minimum Gasteiger partial charge on any atom is -0.450 e. The van der Waals surface area contributed by atoms with Gasteiger partial charge >= 0.3 is 0 Å². The highest BCUT2D eigenvalue weighted by Crippen LogP contribution is 2.25. The second-order valence-corrected chi connectivity index (χ2v) is 10.8. The average molecular weight is 454 g/mol. The molecule has 1 aliphatic rings. The summed E-state index contributed by atoms with van der Waals surface area (Å²) < 4.78 is 30.2. The van der Waals surface area contributed by atoms with Gasteiger partial charge in [-0.15, -0.1) is 0 Å². The summed E-state index contributed by atoms with van der Waals surface area (Å²) in [5.41, 5.74) is 3.90. The molecule has 1 atom stereocenters. The number of sulfone groups is 1. The Kier molecular flexibility index (Phi) is 5.95. The maximum atomic E-state index is 13.5. The third-order valence-corrected chi connectivity index (χ3v) is 7.81. The number of benzene rings is 2. The van der Waals surface area contributed by atoms with Gasteiger partial charge in [-0.2, -0.15) is 0 Å². The summed E-state index contributed by atoms with van der Waals surface area (Å²) >= 11 is 0. The smallest absolute Gasteiger partial charge is 0.290 e. The van der Waals surface area contributed by atoms with Crippen LogP contribution in [-0.4, -0.2) is 36.8 Å². The number of nitrogens with zero attached hydrogens (tertiary/aromatic N) is 1. The van der Waals surface area contributed by atoms with Crippen LogP contribution in [0.1, 0.15) is 46.2 Å². The molecule has 3 aromatic rings. The lowest BCUT2D eigenvalue weighted by atomic mass is 10.1. The molecule has 1 saturated heterocycles. The Hall–Kier alpha value is -2.93. The normalized spacial score (nSPS) is 17.5. The van der Waals surface area contributed by atoms with Crippen molar-refractivity contribution in [3.05, 3.63) is 80.7 Å². The largest absolute Gasteiger partial charge is 0.450 e. The maximum absolute atomic E-state index is 13.5.